The number of hydrogen-bond acceptors (Lipinski definition) is 13. The van der Waals surface area contributed by atoms with Crippen LogP contribution in [0, 0.1) is 5.92 Å². The van der Waals surface area contributed by atoms with E-state index in [1.165, 1.54) is 0 Å². The number of carbonyl (C=O) groups is 2. The summed E-state index contributed by atoms with van der Waals surface area (Å²) in [6.45, 7) is 17.0. The number of hydrogen-bond donors (Lipinski definition) is 2. The van der Waals surface area contributed by atoms with Crippen molar-refractivity contribution < 1.29 is 61.7 Å². The lowest BCUT2D eigenvalue weighted by Crippen LogP contribution is -2.49. The Labute approximate surface area is 288 Å². The van der Waals surface area contributed by atoms with Crippen molar-refractivity contribution in [2.75, 3.05) is 152 Å². The molecule has 0 fully saturated rings. The quantitative estimate of drug-likeness (QED) is 0.0885. The van der Waals surface area contributed by atoms with Crippen molar-refractivity contribution in [2.45, 2.75) is 46.1 Å². The zero-order valence-corrected chi connectivity index (χ0v) is 30.1. The van der Waals surface area contributed by atoms with Gasteiger partial charge in [-0.3, -0.25) is 9.59 Å². The topological polar surface area (TPSA) is 160 Å². The van der Waals surface area contributed by atoms with E-state index in [9.17, 15) is 9.59 Å². The Hall–Kier alpha value is -1.50. The van der Waals surface area contributed by atoms with Crippen molar-refractivity contribution >= 4 is 11.8 Å². The van der Waals surface area contributed by atoms with Gasteiger partial charge >= 0.3 is 0 Å². The Kier molecular flexibility index (Phi) is 37.1. The monoisotopic (exact) mass is 698 g/mol. The molecule has 2 N–H and O–H groups in total. The molecule has 0 aliphatic carbocycles. The third kappa shape index (κ3) is 33.0. The SMILES string of the molecule is CCCOCCOCCOCCOCCOCCOCCOCCOCCOCCOCCOCCC(=O)N[C@H](C(=O)NC)[C@@H](C)CC. The van der Waals surface area contributed by atoms with Crippen LogP contribution >= 0.6 is 0 Å². The van der Waals surface area contributed by atoms with E-state index in [-0.39, 0.29) is 30.8 Å². The largest absolute Gasteiger partial charge is 0.379 e. The summed E-state index contributed by atoms with van der Waals surface area (Å²) in [5.41, 5.74) is 0. The lowest BCUT2D eigenvalue weighted by atomic mass is 9.98. The highest BCUT2D eigenvalue weighted by Crippen LogP contribution is 2.08. The standard InChI is InChI=1S/C33H66N2O13/c1-5-8-38-10-12-40-14-16-42-18-20-44-22-24-46-26-28-48-29-27-47-25-23-45-21-19-43-17-15-41-13-11-39-9-7-31(36)35-32(30(3)6-2)33(37)34-4/h30,32H,5-29H2,1-4H3,(H,34,37)(H,35,36)/t30-,32-/m0/s1. The smallest absolute Gasteiger partial charge is 0.242 e. The van der Waals surface area contributed by atoms with Crippen LogP contribution in [-0.4, -0.2) is 170 Å². The van der Waals surface area contributed by atoms with E-state index < -0.39 is 6.04 Å². The van der Waals surface area contributed by atoms with E-state index >= 15 is 0 Å². The van der Waals surface area contributed by atoms with Crippen molar-refractivity contribution in [1.82, 2.24) is 10.6 Å². The summed E-state index contributed by atoms with van der Waals surface area (Å²) in [5, 5.41) is 5.37. The van der Waals surface area contributed by atoms with E-state index in [1.807, 2.05) is 13.8 Å². The van der Waals surface area contributed by atoms with Gasteiger partial charge in [-0.2, -0.15) is 0 Å². The highest BCUT2D eigenvalue weighted by Gasteiger charge is 2.24. The van der Waals surface area contributed by atoms with E-state index in [2.05, 4.69) is 17.6 Å². The van der Waals surface area contributed by atoms with Gasteiger partial charge in [0.05, 0.1) is 139 Å². The maximum Gasteiger partial charge on any atom is 0.242 e. The average Bonchev–Trinajstić information content (AvgIpc) is 3.10. The normalized spacial score (nSPS) is 12.7. The number of nitrogens with one attached hydrogen (secondary N) is 2. The third-order valence-electron chi connectivity index (χ3n) is 6.60. The second kappa shape index (κ2) is 38.3. The molecule has 0 aliphatic heterocycles. The van der Waals surface area contributed by atoms with Gasteiger partial charge in [0.1, 0.15) is 6.04 Å². The lowest BCUT2D eigenvalue weighted by Gasteiger charge is -2.22. The van der Waals surface area contributed by atoms with Gasteiger partial charge in [0.2, 0.25) is 11.8 Å². The summed E-state index contributed by atoms with van der Waals surface area (Å²) in [7, 11) is 1.56. The van der Waals surface area contributed by atoms with Gasteiger partial charge in [0, 0.05) is 20.1 Å². The first kappa shape index (κ1) is 46.5. The van der Waals surface area contributed by atoms with Gasteiger partial charge < -0.3 is 62.7 Å². The minimum atomic E-state index is -0.537. The molecule has 286 valence electrons. The number of likely N-dealkylation sites (N-methyl/N-ethyl adjacent to an activating group) is 1. The molecule has 2 atom stereocenters. The Morgan fingerprint density at radius 1 is 0.458 bits per heavy atom. The molecule has 0 aliphatic rings. The molecular weight excluding hydrogens is 632 g/mol. The molecule has 0 saturated carbocycles. The third-order valence-corrected chi connectivity index (χ3v) is 6.60. The Balaban J connectivity index is 3.23. The van der Waals surface area contributed by atoms with Crippen LogP contribution in [-0.2, 0) is 61.7 Å². The molecule has 0 aromatic rings. The molecular formula is C33H66N2O13. The van der Waals surface area contributed by atoms with E-state index in [1.54, 1.807) is 7.05 Å². The molecule has 48 heavy (non-hydrogen) atoms. The minimum Gasteiger partial charge on any atom is -0.379 e. The van der Waals surface area contributed by atoms with E-state index in [0.29, 0.717) is 132 Å². The number of rotatable bonds is 39. The van der Waals surface area contributed by atoms with Gasteiger partial charge in [0.25, 0.3) is 0 Å². The predicted octanol–water partition coefficient (Wildman–Crippen LogP) is 1.25. The van der Waals surface area contributed by atoms with Crippen LogP contribution in [0.1, 0.15) is 40.0 Å². The summed E-state index contributed by atoms with van der Waals surface area (Å²) in [6.07, 6.45) is 1.99. The van der Waals surface area contributed by atoms with Gasteiger partial charge in [0.15, 0.2) is 0 Å². The fraction of sp³-hybridized carbons (Fsp3) is 0.939. The molecule has 15 heteroatoms. The molecule has 0 radical (unpaired) electrons. The summed E-state index contributed by atoms with van der Waals surface area (Å²) < 4.78 is 59.9. The molecule has 0 spiro atoms. The Morgan fingerprint density at radius 3 is 0.979 bits per heavy atom. The zero-order valence-electron chi connectivity index (χ0n) is 30.1. The molecule has 0 unspecified atom stereocenters. The van der Waals surface area contributed by atoms with Crippen LogP contribution in [0.4, 0.5) is 0 Å². The summed E-state index contributed by atoms with van der Waals surface area (Å²) >= 11 is 0. The summed E-state index contributed by atoms with van der Waals surface area (Å²) in [4.78, 5) is 24.1. The van der Waals surface area contributed by atoms with Crippen molar-refractivity contribution in [3.8, 4) is 0 Å². The maximum absolute atomic E-state index is 12.1. The zero-order chi connectivity index (χ0) is 35.2. The van der Waals surface area contributed by atoms with Crippen molar-refractivity contribution in [3.63, 3.8) is 0 Å². The van der Waals surface area contributed by atoms with Crippen LogP contribution in [0.3, 0.4) is 0 Å². The first-order valence-electron chi connectivity index (χ1n) is 17.4. The van der Waals surface area contributed by atoms with Crippen LogP contribution in [0.15, 0.2) is 0 Å². The van der Waals surface area contributed by atoms with Crippen LogP contribution in [0.25, 0.3) is 0 Å². The molecule has 0 saturated heterocycles. The Bertz CT molecular complexity index is 694. The maximum atomic E-state index is 12.1. The Morgan fingerprint density at radius 2 is 0.729 bits per heavy atom. The molecule has 0 bridgehead atoms. The first-order valence-corrected chi connectivity index (χ1v) is 17.4. The molecule has 0 aromatic carbocycles. The van der Waals surface area contributed by atoms with Gasteiger partial charge in [-0.1, -0.05) is 27.2 Å². The molecule has 0 aromatic heterocycles. The van der Waals surface area contributed by atoms with E-state index in [4.69, 9.17) is 52.1 Å². The summed E-state index contributed by atoms with van der Waals surface area (Å²) in [6, 6.07) is -0.537. The molecule has 0 rings (SSSR count). The van der Waals surface area contributed by atoms with E-state index in [0.717, 1.165) is 19.4 Å². The lowest BCUT2D eigenvalue weighted by molar-refractivity contribution is -0.130. The number of ether oxygens (including phenoxy) is 11. The fourth-order valence-corrected chi connectivity index (χ4v) is 3.71. The van der Waals surface area contributed by atoms with Crippen LogP contribution < -0.4 is 10.6 Å². The van der Waals surface area contributed by atoms with Gasteiger partial charge in [-0.05, 0) is 12.3 Å². The van der Waals surface area contributed by atoms with Gasteiger partial charge in [-0.15, -0.1) is 0 Å². The average molecular weight is 699 g/mol. The minimum absolute atomic E-state index is 0.0488. The second-order valence-electron chi connectivity index (χ2n) is 10.5. The van der Waals surface area contributed by atoms with Crippen molar-refractivity contribution in [2.24, 2.45) is 5.92 Å². The van der Waals surface area contributed by atoms with Crippen molar-refractivity contribution in [3.05, 3.63) is 0 Å². The predicted molar refractivity (Wildman–Crippen MR) is 179 cm³/mol. The highest BCUT2D eigenvalue weighted by atomic mass is 16.6. The van der Waals surface area contributed by atoms with Crippen LogP contribution in [0.2, 0.25) is 0 Å². The molecule has 2 amide bonds. The van der Waals surface area contributed by atoms with Gasteiger partial charge in [-0.25, -0.2) is 0 Å². The fourth-order valence-electron chi connectivity index (χ4n) is 3.71. The number of amides is 2. The van der Waals surface area contributed by atoms with Crippen LogP contribution in [0.5, 0.6) is 0 Å². The second-order valence-corrected chi connectivity index (χ2v) is 10.5. The number of carbonyl (C=O) groups excluding carboxylic acids is 2. The molecule has 0 heterocycles. The highest BCUT2D eigenvalue weighted by molar-refractivity contribution is 5.87. The first-order chi connectivity index (χ1) is 23.6. The van der Waals surface area contributed by atoms with Crippen molar-refractivity contribution in [1.29, 1.82) is 0 Å². The summed E-state index contributed by atoms with van der Waals surface area (Å²) in [5.74, 6) is -0.352. The molecule has 15 nitrogen and oxygen atoms in total.